The molecule has 11 heteroatoms. The number of allylic oxidation sites excluding steroid dienone is 2. The molecule has 0 bridgehead atoms. The van der Waals surface area contributed by atoms with Crippen LogP contribution in [0.2, 0.25) is 0 Å². The first-order chi connectivity index (χ1) is 29.2. The first-order valence-corrected chi connectivity index (χ1v) is 25.1. The van der Waals surface area contributed by atoms with Gasteiger partial charge in [0.2, 0.25) is 5.91 Å². The second-order valence-corrected chi connectivity index (χ2v) is 17.9. The van der Waals surface area contributed by atoms with Crippen LogP contribution in [0.1, 0.15) is 226 Å². The fraction of sp³-hybridized carbons (Fsp3) is 0.939. The van der Waals surface area contributed by atoms with Crippen LogP contribution in [0.3, 0.4) is 0 Å². The van der Waals surface area contributed by atoms with E-state index in [1.807, 2.05) is 0 Å². The van der Waals surface area contributed by atoms with Crippen molar-refractivity contribution in [2.24, 2.45) is 0 Å². The minimum atomic E-state index is -1.66. The molecule has 0 radical (unpaired) electrons. The van der Waals surface area contributed by atoms with E-state index in [9.17, 15) is 40.5 Å². The van der Waals surface area contributed by atoms with Gasteiger partial charge in [0.25, 0.3) is 0 Å². The molecule has 0 aromatic carbocycles. The van der Waals surface area contributed by atoms with Crippen LogP contribution in [0.25, 0.3) is 0 Å². The van der Waals surface area contributed by atoms with Crippen molar-refractivity contribution in [3.8, 4) is 0 Å². The molecule has 0 aromatic heterocycles. The lowest BCUT2D eigenvalue weighted by molar-refractivity contribution is -0.303. The first kappa shape index (κ1) is 56.9. The quantitative estimate of drug-likeness (QED) is 0.0218. The van der Waals surface area contributed by atoms with E-state index in [2.05, 4.69) is 31.3 Å². The summed E-state index contributed by atoms with van der Waals surface area (Å²) >= 11 is 0. The molecule has 60 heavy (non-hydrogen) atoms. The van der Waals surface area contributed by atoms with E-state index in [4.69, 9.17) is 9.47 Å². The molecule has 1 aliphatic rings. The Kier molecular flexibility index (Phi) is 37.4. The molecule has 0 aromatic rings. The summed E-state index contributed by atoms with van der Waals surface area (Å²) in [6.07, 6.45) is 31.5. The number of aliphatic hydroxyl groups excluding tert-OH is 7. The van der Waals surface area contributed by atoms with E-state index >= 15 is 0 Å². The summed E-state index contributed by atoms with van der Waals surface area (Å²) in [7, 11) is 0. The molecule has 0 saturated carbocycles. The lowest BCUT2D eigenvalue weighted by Gasteiger charge is -2.40. The number of hydrogen-bond acceptors (Lipinski definition) is 10. The smallest absolute Gasteiger partial charge is 0.249 e. The number of nitrogens with one attached hydrogen (secondary N) is 1. The van der Waals surface area contributed by atoms with Crippen LogP contribution in [-0.4, -0.2) is 110 Å². The van der Waals surface area contributed by atoms with Gasteiger partial charge in [0.15, 0.2) is 6.29 Å². The van der Waals surface area contributed by atoms with Crippen molar-refractivity contribution in [1.29, 1.82) is 0 Å². The molecule has 1 amide bonds. The van der Waals surface area contributed by atoms with Crippen LogP contribution in [0.4, 0.5) is 0 Å². The number of ether oxygens (including phenoxy) is 2. The molecule has 0 aliphatic carbocycles. The average molecular weight is 858 g/mol. The summed E-state index contributed by atoms with van der Waals surface area (Å²) in [4.78, 5) is 13.1. The lowest BCUT2D eigenvalue weighted by Crippen LogP contribution is -2.60. The summed E-state index contributed by atoms with van der Waals surface area (Å²) < 4.78 is 11.1. The highest BCUT2D eigenvalue weighted by Gasteiger charge is 2.44. The van der Waals surface area contributed by atoms with Gasteiger partial charge < -0.3 is 50.5 Å². The second-order valence-electron chi connectivity index (χ2n) is 17.9. The normalized spacial score (nSPS) is 21.6. The summed E-state index contributed by atoms with van der Waals surface area (Å²) in [5.74, 6) is -0.705. The molecule has 9 unspecified atom stereocenters. The standard InChI is InChI=1S/C49H95NO10/c1-3-5-7-9-11-13-14-15-16-17-18-19-20-21-22-23-24-25-26-27-29-31-33-35-37-42(53)48(58)50-40(39-59-49-47(57)46(56)45(55)43(38-51)60-49)44(54)41(52)36-34-32-30-28-12-10-8-6-4-2/h28,30,40-47,49,51-57H,3-27,29,31-39H2,1-2H3,(H,50,58)/b30-28+. The van der Waals surface area contributed by atoms with Gasteiger partial charge >= 0.3 is 0 Å². The Morgan fingerprint density at radius 2 is 0.983 bits per heavy atom. The number of aliphatic hydroxyl groups is 7. The molecule has 356 valence electrons. The Morgan fingerprint density at radius 3 is 1.43 bits per heavy atom. The van der Waals surface area contributed by atoms with E-state index in [1.54, 1.807) is 0 Å². The van der Waals surface area contributed by atoms with Crippen molar-refractivity contribution in [3.05, 3.63) is 12.2 Å². The zero-order chi connectivity index (χ0) is 44.1. The van der Waals surface area contributed by atoms with Gasteiger partial charge in [0.05, 0.1) is 25.4 Å². The molecule has 1 aliphatic heterocycles. The number of rotatable bonds is 42. The maximum absolute atomic E-state index is 13.1. The molecule has 1 fully saturated rings. The largest absolute Gasteiger partial charge is 0.394 e. The Hall–Kier alpha value is -1.15. The maximum atomic E-state index is 13.1. The van der Waals surface area contributed by atoms with Gasteiger partial charge in [-0.3, -0.25) is 4.79 Å². The molecule has 9 atom stereocenters. The minimum Gasteiger partial charge on any atom is -0.394 e. The predicted octanol–water partition coefficient (Wildman–Crippen LogP) is 8.84. The number of carbonyl (C=O) groups excluding carboxylic acids is 1. The molecular weight excluding hydrogens is 763 g/mol. The first-order valence-electron chi connectivity index (χ1n) is 25.1. The van der Waals surface area contributed by atoms with Gasteiger partial charge in [-0.1, -0.05) is 199 Å². The highest BCUT2D eigenvalue weighted by molar-refractivity contribution is 5.80. The predicted molar refractivity (Wildman–Crippen MR) is 243 cm³/mol. The van der Waals surface area contributed by atoms with Crippen LogP contribution in [0, 0.1) is 0 Å². The molecule has 8 N–H and O–H groups in total. The number of hydrogen-bond donors (Lipinski definition) is 8. The van der Waals surface area contributed by atoms with E-state index in [0.29, 0.717) is 12.8 Å². The van der Waals surface area contributed by atoms with Crippen molar-refractivity contribution in [1.82, 2.24) is 5.32 Å². The zero-order valence-corrected chi connectivity index (χ0v) is 38.5. The average Bonchev–Trinajstić information content (AvgIpc) is 3.25. The minimum absolute atomic E-state index is 0.259. The van der Waals surface area contributed by atoms with E-state index in [1.165, 1.54) is 148 Å². The van der Waals surface area contributed by atoms with Crippen LogP contribution in [0.15, 0.2) is 12.2 Å². The lowest BCUT2D eigenvalue weighted by atomic mass is 9.98. The summed E-state index contributed by atoms with van der Waals surface area (Å²) in [5.41, 5.74) is 0. The Morgan fingerprint density at radius 1 is 0.567 bits per heavy atom. The maximum Gasteiger partial charge on any atom is 0.249 e. The second kappa shape index (κ2) is 39.4. The Balaban J connectivity index is 2.29. The zero-order valence-electron chi connectivity index (χ0n) is 38.5. The molecule has 1 rings (SSSR count). The van der Waals surface area contributed by atoms with Crippen LogP contribution in [-0.2, 0) is 14.3 Å². The summed E-state index contributed by atoms with van der Waals surface area (Å²) in [6, 6.07) is -1.18. The fourth-order valence-electron chi connectivity index (χ4n) is 8.15. The van der Waals surface area contributed by atoms with Gasteiger partial charge in [-0.25, -0.2) is 0 Å². The topological polar surface area (TPSA) is 189 Å². The van der Waals surface area contributed by atoms with E-state index in [0.717, 1.165) is 38.5 Å². The summed E-state index contributed by atoms with van der Waals surface area (Å²) in [5, 5.41) is 75.5. The summed E-state index contributed by atoms with van der Waals surface area (Å²) in [6.45, 7) is 3.39. The van der Waals surface area contributed by atoms with Crippen LogP contribution in [0.5, 0.6) is 0 Å². The third-order valence-electron chi connectivity index (χ3n) is 12.3. The van der Waals surface area contributed by atoms with Gasteiger partial charge in [0.1, 0.15) is 36.6 Å². The van der Waals surface area contributed by atoms with Crippen molar-refractivity contribution in [2.45, 2.75) is 281 Å². The number of amides is 1. The monoisotopic (exact) mass is 858 g/mol. The van der Waals surface area contributed by atoms with Crippen LogP contribution >= 0.6 is 0 Å². The number of carbonyl (C=O) groups is 1. The molecule has 1 saturated heterocycles. The van der Waals surface area contributed by atoms with Gasteiger partial charge in [-0.15, -0.1) is 0 Å². The third kappa shape index (κ3) is 28.5. The van der Waals surface area contributed by atoms with E-state index < -0.39 is 74.2 Å². The van der Waals surface area contributed by atoms with Gasteiger partial charge in [-0.2, -0.15) is 0 Å². The fourth-order valence-corrected chi connectivity index (χ4v) is 8.15. The molecule has 0 spiro atoms. The van der Waals surface area contributed by atoms with Crippen LogP contribution < -0.4 is 5.32 Å². The van der Waals surface area contributed by atoms with Crippen molar-refractivity contribution >= 4 is 5.91 Å². The molecular formula is C49H95NO10. The van der Waals surface area contributed by atoms with Crippen molar-refractivity contribution < 1.29 is 50.0 Å². The van der Waals surface area contributed by atoms with Crippen molar-refractivity contribution in [2.75, 3.05) is 13.2 Å². The molecule has 11 nitrogen and oxygen atoms in total. The number of unbranched alkanes of at least 4 members (excludes halogenated alkanes) is 28. The van der Waals surface area contributed by atoms with Gasteiger partial charge in [0, 0.05) is 0 Å². The van der Waals surface area contributed by atoms with E-state index in [-0.39, 0.29) is 12.8 Å². The SMILES string of the molecule is CCCCCC/C=C/CCCC(O)C(O)C(COC1OC(CO)C(O)C(O)C1O)NC(=O)C(O)CCCCCCCCCCCCCCCCCCCCCCCCCC. The van der Waals surface area contributed by atoms with Crippen molar-refractivity contribution in [3.63, 3.8) is 0 Å². The Labute approximate surface area is 366 Å². The highest BCUT2D eigenvalue weighted by Crippen LogP contribution is 2.23. The third-order valence-corrected chi connectivity index (χ3v) is 12.3. The highest BCUT2D eigenvalue weighted by atomic mass is 16.7. The Bertz CT molecular complexity index is 986. The van der Waals surface area contributed by atoms with Gasteiger partial charge in [-0.05, 0) is 38.5 Å². The molecule has 1 heterocycles.